The summed E-state index contributed by atoms with van der Waals surface area (Å²) in [5, 5.41) is 3.08. The largest absolute Gasteiger partial charge is 0.324 e. The Bertz CT molecular complexity index is 586. The van der Waals surface area contributed by atoms with Crippen LogP contribution >= 0.6 is 0 Å². The second-order valence-electron chi connectivity index (χ2n) is 4.00. The lowest BCUT2D eigenvalue weighted by Crippen LogP contribution is -1.99. The zero-order valence-electron chi connectivity index (χ0n) is 15.3. The summed E-state index contributed by atoms with van der Waals surface area (Å²) in [6, 6.07) is 21.8. The van der Waals surface area contributed by atoms with Gasteiger partial charge in [-0.1, -0.05) is 89.7 Å². The second kappa shape index (κ2) is 17.6. The van der Waals surface area contributed by atoms with Gasteiger partial charge in [0, 0.05) is 5.69 Å². The highest BCUT2D eigenvalue weighted by atomic mass is 15.1. The fraction of sp³-hybridized carbons (Fsp3) is 0.286. The molecule has 0 radical (unpaired) electrons. The predicted octanol–water partition coefficient (Wildman–Crippen LogP) is 6.30. The number of hydrogen-bond acceptors (Lipinski definition) is 4. The van der Waals surface area contributed by atoms with Gasteiger partial charge in [-0.2, -0.15) is 4.98 Å². The van der Waals surface area contributed by atoms with Gasteiger partial charge in [0.05, 0.1) is 0 Å². The minimum absolute atomic E-state index is 0. The average Bonchev–Trinajstić information content (AvgIpc) is 2.68. The minimum Gasteiger partial charge on any atom is -0.324 e. The Morgan fingerprint density at radius 1 is 0.680 bits per heavy atom. The highest BCUT2D eigenvalue weighted by Crippen LogP contribution is 2.10. The Kier molecular flexibility index (Phi) is 17.3. The van der Waals surface area contributed by atoms with Gasteiger partial charge in [-0.15, -0.1) is 0 Å². The standard InChI is InChI=1S/C10H10N4.C6H6.2C2H6.CH4/c1-8-11-7-12-10(13-8)14-9-5-3-2-4-6-9;1-2-4-6-5-3-1;2*1-2;/h2-7H,1H3,(H,11,12,13,14);1-6H;2*1-2H3;1H4. The summed E-state index contributed by atoms with van der Waals surface area (Å²) in [4.78, 5) is 12.1. The van der Waals surface area contributed by atoms with Crippen molar-refractivity contribution in [1.82, 2.24) is 15.0 Å². The van der Waals surface area contributed by atoms with E-state index >= 15 is 0 Å². The van der Waals surface area contributed by atoms with Gasteiger partial charge in [-0.25, -0.2) is 9.97 Å². The molecule has 0 bridgehead atoms. The van der Waals surface area contributed by atoms with Crippen molar-refractivity contribution in [3.8, 4) is 0 Å². The van der Waals surface area contributed by atoms with E-state index in [1.54, 1.807) is 0 Å². The maximum absolute atomic E-state index is 4.14. The first kappa shape index (κ1) is 24.5. The Hall–Kier alpha value is -2.75. The molecule has 0 saturated heterocycles. The van der Waals surface area contributed by atoms with Crippen LogP contribution in [0.2, 0.25) is 0 Å². The van der Waals surface area contributed by atoms with Crippen LogP contribution in [0.25, 0.3) is 0 Å². The van der Waals surface area contributed by atoms with Crippen molar-refractivity contribution in [3.63, 3.8) is 0 Å². The van der Waals surface area contributed by atoms with Crippen LogP contribution in [0.1, 0.15) is 40.9 Å². The molecule has 1 aromatic heterocycles. The third-order valence-electron chi connectivity index (χ3n) is 2.39. The zero-order chi connectivity index (χ0) is 18.0. The first-order chi connectivity index (χ1) is 11.8. The lowest BCUT2D eigenvalue weighted by molar-refractivity contribution is 0.982. The highest BCUT2D eigenvalue weighted by Gasteiger charge is 1.96. The van der Waals surface area contributed by atoms with Crippen molar-refractivity contribution in [3.05, 3.63) is 78.9 Å². The van der Waals surface area contributed by atoms with E-state index in [9.17, 15) is 0 Å². The lowest BCUT2D eigenvalue weighted by atomic mass is 10.3. The molecule has 2 aromatic carbocycles. The van der Waals surface area contributed by atoms with Gasteiger partial charge in [0.25, 0.3) is 0 Å². The van der Waals surface area contributed by atoms with Gasteiger partial charge in [-0.3, -0.25) is 0 Å². The Labute approximate surface area is 153 Å². The Morgan fingerprint density at radius 3 is 1.56 bits per heavy atom. The summed E-state index contributed by atoms with van der Waals surface area (Å²) in [7, 11) is 0. The number of para-hydroxylation sites is 1. The first-order valence-electron chi connectivity index (χ1n) is 8.32. The third-order valence-corrected chi connectivity index (χ3v) is 2.39. The number of nitrogens with zero attached hydrogens (tertiary/aromatic N) is 3. The predicted molar refractivity (Wildman–Crippen MR) is 110 cm³/mol. The van der Waals surface area contributed by atoms with E-state index in [0.717, 1.165) is 5.69 Å². The number of benzene rings is 2. The minimum atomic E-state index is 0. The molecular formula is C21H32N4. The summed E-state index contributed by atoms with van der Waals surface area (Å²) < 4.78 is 0. The smallest absolute Gasteiger partial charge is 0.230 e. The molecule has 4 heteroatoms. The van der Waals surface area contributed by atoms with E-state index in [1.165, 1.54) is 6.33 Å². The molecule has 25 heavy (non-hydrogen) atoms. The first-order valence-corrected chi connectivity index (χ1v) is 8.32. The number of hydrogen-bond donors (Lipinski definition) is 1. The van der Waals surface area contributed by atoms with Crippen molar-refractivity contribution < 1.29 is 0 Å². The number of anilines is 2. The monoisotopic (exact) mass is 340 g/mol. The zero-order valence-corrected chi connectivity index (χ0v) is 15.3. The van der Waals surface area contributed by atoms with Crippen LogP contribution in [0.3, 0.4) is 0 Å². The van der Waals surface area contributed by atoms with Crippen molar-refractivity contribution in [2.45, 2.75) is 42.0 Å². The molecule has 136 valence electrons. The quantitative estimate of drug-likeness (QED) is 0.595. The molecule has 1 N–H and O–H groups in total. The molecule has 0 amide bonds. The normalized spacial score (nSPS) is 7.88. The van der Waals surface area contributed by atoms with E-state index in [4.69, 9.17) is 0 Å². The molecule has 0 aliphatic rings. The number of nitrogens with one attached hydrogen (secondary N) is 1. The molecular weight excluding hydrogens is 308 g/mol. The molecule has 0 fully saturated rings. The van der Waals surface area contributed by atoms with E-state index in [2.05, 4.69) is 20.3 Å². The van der Waals surface area contributed by atoms with Crippen LogP contribution in [0.15, 0.2) is 73.1 Å². The second-order valence-corrected chi connectivity index (χ2v) is 4.00. The van der Waals surface area contributed by atoms with Gasteiger partial charge >= 0.3 is 0 Å². The number of aromatic nitrogens is 3. The van der Waals surface area contributed by atoms with Crippen molar-refractivity contribution in [2.24, 2.45) is 0 Å². The fourth-order valence-corrected chi connectivity index (χ4v) is 1.47. The molecule has 4 nitrogen and oxygen atoms in total. The molecule has 0 aliphatic carbocycles. The SMILES string of the molecule is C.CC.CC.Cc1ncnc(Nc2ccccc2)n1.c1ccccc1. The van der Waals surface area contributed by atoms with Crippen LogP contribution in [-0.2, 0) is 0 Å². The van der Waals surface area contributed by atoms with Crippen LogP contribution in [-0.4, -0.2) is 15.0 Å². The van der Waals surface area contributed by atoms with E-state index < -0.39 is 0 Å². The number of aryl methyl sites for hydroxylation is 1. The summed E-state index contributed by atoms with van der Waals surface area (Å²) in [5.41, 5.74) is 0.970. The summed E-state index contributed by atoms with van der Waals surface area (Å²) >= 11 is 0. The third kappa shape index (κ3) is 12.4. The van der Waals surface area contributed by atoms with E-state index in [1.807, 2.05) is 101 Å². The maximum Gasteiger partial charge on any atom is 0.230 e. The van der Waals surface area contributed by atoms with Gasteiger partial charge in [0.2, 0.25) is 5.95 Å². The van der Waals surface area contributed by atoms with Crippen LogP contribution in [0.4, 0.5) is 11.6 Å². The fourth-order valence-electron chi connectivity index (χ4n) is 1.47. The van der Waals surface area contributed by atoms with Crippen LogP contribution in [0.5, 0.6) is 0 Å². The molecule has 0 atom stereocenters. The molecule has 0 spiro atoms. The Balaban J connectivity index is 0. The molecule has 1 heterocycles. The number of rotatable bonds is 2. The molecule has 0 aliphatic heterocycles. The molecule has 0 unspecified atom stereocenters. The van der Waals surface area contributed by atoms with Gasteiger partial charge in [0.15, 0.2) is 0 Å². The summed E-state index contributed by atoms with van der Waals surface area (Å²) in [5.74, 6) is 1.28. The van der Waals surface area contributed by atoms with Crippen molar-refractivity contribution in [2.75, 3.05) is 5.32 Å². The van der Waals surface area contributed by atoms with E-state index in [-0.39, 0.29) is 7.43 Å². The lowest BCUT2D eigenvalue weighted by Gasteiger charge is -2.03. The topological polar surface area (TPSA) is 50.7 Å². The highest BCUT2D eigenvalue weighted by molar-refractivity contribution is 5.52. The van der Waals surface area contributed by atoms with Gasteiger partial charge in [-0.05, 0) is 19.1 Å². The maximum atomic E-state index is 4.14. The summed E-state index contributed by atoms with van der Waals surface area (Å²) in [6.07, 6.45) is 1.49. The average molecular weight is 341 g/mol. The van der Waals surface area contributed by atoms with Crippen molar-refractivity contribution in [1.29, 1.82) is 0 Å². The summed E-state index contributed by atoms with van der Waals surface area (Å²) in [6.45, 7) is 9.83. The Morgan fingerprint density at radius 2 is 1.12 bits per heavy atom. The molecule has 0 saturated carbocycles. The van der Waals surface area contributed by atoms with Gasteiger partial charge in [0.1, 0.15) is 12.2 Å². The van der Waals surface area contributed by atoms with E-state index in [0.29, 0.717) is 11.8 Å². The molecule has 3 rings (SSSR count). The van der Waals surface area contributed by atoms with Gasteiger partial charge < -0.3 is 5.32 Å². The van der Waals surface area contributed by atoms with Crippen LogP contribution in [0, 0.1) is 6.92 Å². The van der Waals surface area contributed by atoms with Crippen LogP contribution < -0.4 is 5.32 Å². The molecule has 3 aromatic rings. The van der Waals surface area contributed by atoms with Crippen molar-refractivity contribution >= 4 is 11.6 Å².